The number of allylic oxidation sites excluding steroid dienone is 3. The summed E-state index contributed by atoms with van der Waals surface area (Å²) >= 11 is 1.72. The molecule has 0 aromatic heterocycles. The van der Waals surface area contributed by atoms with Gasteiger partial charge in [-0.05, 0) is 47.8 Å². The van der Waals surface area contributed by atoms with Crippen LogP contribution in [0.5, 0.6) is 0 Å². The van der Waals surface area contributed by atoms with Gasteiger partial charge in [0, 0.05) is 0 Å². The molecular formula is C19H24N2OS. The van der Waals surface area contributed by atoms with Crippen molar-refractivity contribution in [2.75, 3.05) is 6.54 Å². The van der Waals surface area contributed by atoms with Crippen molar-refractivity contribution in [2.45, 2.75) is 39.2 Å². The number of carbonyl (C=O) groups is 1. The summed E-state index contributed by atoms with van der Waals surface area (Å²) in [6, 6.07) is 10.6. The van der Waals surface area contributed by atoms with Crippen LogP contribution in [0.25, 0.3) is 5.57 Å². The molecule has 2 N–H and O–H groups in total. The van der Waals surface area contributed by atoms with Crippen molar-refractivity contribution in [3.63, 3.8) is 0 Å². The molecule has 0 aliphatic carbocycles. The maximum atomic E-state index is 12.2. The first kappa shape index (κ1) is 16.3. The van der Waals surface area contributed by atoms with Crippen LogP contribution >= 0.6 is 11.8 Å². The first-order valence-electron chi connectivity index (χ1n) is 8.39. The Morgan fingerprint density at radius 3 is 2.70 bits per heavy atom. The summed E-state index contributed by atoms with van der Waals surface area (Å²) in [6.07, 6.45) is 5.05. The predicted octanol–water partition coefficient (Wildman–Crippen LogP) is 3.90. The lowest BCUT2D eigenvalue weighted by Gasteiger charge is -2.26. The second kappa shape index (κ2) is 7.37. The molecule has 1 saturated heterocycles. The number of amides is 1. The fourth-order valence-electron chi connectivity index (χ4n) is 3.03. The van der Waals surface area contributed by atoms with E-state index in [1.807, 2.05) is 0 Å². The van der Waals surface area contributed by atoms with E-state index >= 15 is 0 Å². The molecule has 23 heavy (non-hydrogen) atoms. The van der Waals surface area contributed by atoms with E-state index in [1.165, 1.54) is 16.0 Å². The van der Waals surface area contributed by atoms with Crippen LogP contribution in [0.4, 0.5) is 0 Å². The zero-order valence-electron chi connectivity index (χ0n) is 13.8. The van der Waals surface area contributed by atoms with Gasteiger partial charge in [0.25, 0.3) is 0 Å². The Balaban J connectivity index is 1.82. The molecule has 3 rings (SSSR count). The molecule has 4 heteroatoms. The van der Waals surface area contributed by atoms with Gasteiger partial charge in [0.05, 0.1) is 11.1 Å². The molecule has 1 amide bonds. The van der Waals surface area contributed by atoms with E-state index in [0.29, 0.717) is 5.92 Å². The Hall–Kier alpha value is -1.52. The molecule has 0 radical (unpaired) electrons. The number of hydrogen-bond donors (Lipinski definition) is 2. The summed E-state index contributed by atoms with van der Waals surface area (Å²) in [7, 11) is 0. The number of carbonyl (C=O) groups excluding carboxylic acids is 1. The van der Waals surface area contributed by atoms with Crippen molar-refractivity contribution in [2.24, 2.45) is 5.92 Å². The maximum Gasteiger partial charge on any atom is 0.241 e. The average Bonchev–Trinajstić information content (AvgIpc) is 2.65. The molecule has 122 valence electrons. The molecule has 1 fully saturated rings. The van der Waals surface area contributed by atoms with Gasteiger partial charge in [-0.3, -0.25) is 4.79 Å². The quantitative estimate of drug-likeness (QED) is 0.881. The third-order valence-electron chi connectivity index (χ3n) is 4.48. The second-order valence-corrected chi connectivity index (χ2v) is 7.29. The van der Waals surface area contributed by atoms with Gasteiger partial charge in [-0.15, -0.1) is 0 Å². The van der Waals surface area contributed by atoms with Gasteiger partial charge in [0.15, 0.2) is 0 Å². The number of nitrogens with one attached hydrogen (secondary N) is 2. The summed E-state index contributed by atoms with van der Waals surface area (Å²) in [5, 5.41) is 7.25. The summed E-state index contributed by atoms with van der Waals surface area (Å²) in [5.74, 6) is 0.553. The van der Waals surface area contributed by atoms with Crippen LogP contribution in [0, 0.1) is 5.92 Å². The third kappa shape index (κ3) is 3.70. The molecule has 3 nitrogen and oxygen atoms in total. The highest BCUT2D eigenvalue weighted by molar-refractivity contribution is 8.06. The standard InChI is InChI=1S/C19H24N2OS/c1-3-16-18(14-7-5-4-6-8-14)13(2)9-10-17(23-16)21-19(22)15-11-12-20-15/h4-8,10,13,15,20H,3,9,11-12H2,1-2H3,(H,21,22). The molecule has 2 heterocycles. The van der Waals surface area contributed by atoms with Crippen LogP contribution in [-0.2, 0) is 4.79 Å². The Bertz CT molecular complexity index is 632. The van der Waals surface area contributed by atoms with Crippen molar-refractivity contribution in [3.05, 3.63) is 51.9 Å². The molecule has 0 bridgehead atoms. The lowest BCUT2D eigenvalue weighted by Crippen LogP contribution is -2.52. The highest BCUT2D eigenvalue weighted by Gasteiger charge is 2.26. The average molecular weight is 328 g/mol. The van der Waals surface area contributed by atoms with Gasteiger partial charge >= 0.3 is 0 Å². The Labute approximate surface area is 142 Å². The van der Waals surface area contributed by atoms with Crippen LogP contribution in [0.3, 0.4) is 0 Å². The lowest BCUT2D eigenvalue weighted by atomic mass is 9.90. The van der Waals surface area contributed by atoms with Crippen molar-refractivity contribution < 1.29 is 4.79 Å². The summed E-state index contributed by atoms with van der Waals surface area (Å²) in [6.45, 7) is 5.41. The van der Waals surface area contributed by atoms with Crippen LogP contribution in [0.1, 0.15) is 38.7 Å². The molecule has 0 saturated carbocycles. The summed E-state index contributed by atoms with van der Waals surface area (Å²) in [4.78, 5) is 13.5. The van der Waals surface area contributed by atoms with Gasteiger partial charge in [-0.25, -0.2) is 0 Å². The minimum absolute atomic E-state index is 0.0140. The minimum Gasteiger partial charge on any atom is -0.319 e. The number of benzene rings is 1. The monoisotopic (exact) mass is 328 g/mol. The molecular weight excluding hydrogens is 304 g/mol. The molecule has 2 unspecified atom stereocenters. The topological polar surface area (TPSA) is 41.1 Å². The third-order valence-corrected chi connectivity index (χ3v) is 5.72. The molecule has 1 aromatic carbocycles. The Kier molecular flexibility index (Phi) is 5.23. The van der Waals surface area contributed by atoms with E-state index in [-0.39, 0.29) is 11.9 Å². The van der Waals surface area contributed by atoms with Gasteiger partial charge in [0.1, 0.15) is 0 Å². The Morgan fingerprint density at radius 1 is 1.35 bits per heavy atom. The SMILES string of the molecule is CCC1=C(c2ccccc2)C(C)CC=C(NC(=O)C2CCN2)S1. The van der Waals surface area contributed by atoms with Crippen molar-refractivity contribution in [3.8, 4) is 0 Å². The van der Waals surface area contributed by atoms with Crippen LogP contribution in [0.15, 0.2) is 46.3 Å². The van der Waals surface area contributed by atoms with Crippen LogP contribution in [-0.4, -0.2) is 18.5 Å². The maximum absolute atomic E-state index is 12.2. The smallest absolute Gasteiger partial charge is 0.241 e. The van der Waals surface area contributed by atoms with E-state index in [2.05, 4.69) is 60.9 Å². The van der Waals surface area contributed by atoms with Crippen LogP contribution in [0.2, 0.25) is 0 Å². The largest absolute Gasteiger partial charge is 0.319 e. The summed E-state index contributed by atoms with van der Waals surface area (Å²) < 4.78 is 0. The van der Waals surface area contributed by atoms with Gasteiger partial charge in [0.2, 0.25) is 5.91 Å². The number of thioether (sulfide) groups is 1. The fourth-order valence-corrected chi connectivity index (χ4v) is 4.20. The van der Waals surface area contributed by atoms with Crippen LogP contribution < -0.4 is 10.6 Å². The highest BCUT2D eigenvalue weighted by atomic mass is 32.2. The van der Waals surface area contributed by atoms with Crippen molar-refractivity contribution >= 4 is 23.2 Å². The fraction of sp³-hybridized carbons (Fsp3) is 0.421. The van der Waals surface area contributed by atoms with E-state index in [0.717, 1.165) is 30.8 Å². The van der Waals surface area contributed by atoms with E-state index < -0.39 is 0 Å². The van der Waals surface area contributed by atoms with Crippen molar-refractivity contribution in [1.29, 1.82) is 0 Å². The number of hydrogen-bond acceptors (Lipinski definition) is 3. The molecule has 2 atom stereocenters. The zero-order valence-corrected chi connectivity index (χ0v) is 14.6. The normalized spacial score (nSPS) is 24.5. The molecule has 1 aromatic rings. The summed E-state index contributed by atoms with van der Waals surface area (Å²) in [5.41, 5.74) is 2.71. The highest BCUT2D eigenvalue weighted by Crippen LogP contribution is 2.41. The first-order valence-corrected chi connectivity index (χ1v) is 9.21. The van der Waals surface area contributed by atoms with Crippen molar-refractivity contribution in [1.82, 2.24) is 10.6 Å². The zero-order chi connectivity index (χ0) is 16.2. The second-order valence-electron chi connectivity index (χ2n) is 6.15. The van der Waals surface area contributed by atoms with Gasteiger partial charge in [-0.1, -0.05) is 62.0 Å². The van der Waals surface area contributed by atoms with E-state index in [4.69, 9.17) is 0 Å². The van der Waals surface area contributed by atoms with Gasteiger partial charge < -0.3 is 10.6 Å². The van der Waals surface area contributed by atoms with E-state index in [9.17, 15) is 4.79 Å². The van der Waals surface area contributed by atoms with Gasteiger partial charge in [-0.2, -0.15) is 0 Å². The Morgan fingerprint density at radius 2 is 2.09 bits per heavy atom. The lowest BCUT2D eigenvalue weighted by molar-refractivity contribution is -0.123. The van der Waals surface area contributed by atoms with E-state index in [1.54, 1.807) is 11.8 Å². The predicted molar refractivity (Wildman–Crippen MR) is 97.7 cm³/mol. The first-order chi connectivity index (χ1) is 11.2. The molecule has 0 spiro atoms. The number of rotatable bonds is 4. The molecule has 2 aliphatic rings. The molecule has 2 aliphatic heterocycles. The minimum atomic E-state index is -0.0140.